The summed E-state index contributed by atoms with van der Waals surface area (Å²) in [6, 6.07) is 18.8. The number of carbonyl (C=O) groups excluding carboxylic acids is 2. The van der Waals surface area contributed by atoms with Crippen LogP contribution in [0.25, 0.3) is 5.57 Å². The van der Waals surface area contributed by atoms with Crippen molar-refractivity contribution in [1.29, 1.82) is 0 Å². The van der Waals surface area contributed by atoms with Crippen molar-refractivity contribution in [2.24, 2.45) is 0 Å². The van der Waals surface area contributed by atoms with Gasteiger partial charge in [0.25, 0.3) is 11.7 Å². The Hall–Kier alpha value is -3.73. The van der Waals surface area contributed by atoms with Crippen molar-refractivity contribution < 1.29 is 14.3 Å². The maximum absolute atomic E-state index is 12.7. The number of carbonyl (C=O) groups is 2. The van der Waals surface area contributed by atoms with Gasteiger partial charge in [-0.05, 0) is 47.4 Å². The molecule has 0 aliphatic heterocycles. The Morgan fingerprint density at radius 3 is 2.57 bits per heavy atom. The van der Waals surface area contributed by atoms with E-state index >= 15 is 0 Å². The van der Waals surface area contributed by atoms with Crippen molar-refractivity contribution >= 4 is 23.0 Å². The summed E-state index contributed by atoms with van der Waals surface area (Å²) in [6.07, 6.45) is 5.53. The molecule has 0 saturated carbocycles. The molecule has 2 aromatic carbocycles. The molecule has 0 atom stereocenters. The maximum Gasteiger partial charge on any atom is 0.296 e. The van der Waals surface area contributed by atoms with Gasteiger partial charge in [0.1, 0.15) is 12.4 Å². The number of rotatable bonds is 6. The largest absolute Gasteiger partial charge is 0.489 e. The molecule has 0 bridgehead atoms. The van der Waals surface area contributed by atoms with Crippen molar-refractivity contribution in [3.63, 3.8) is 0 Å². The molecule has 3 aromatic rings. The lowest BCUT2D eigenvalue weighted by atomic mass is 10.0. The molecule has 5 nitrogen and oxygen atoms in total. The number of fused-ring (bicyclic) bond motifs is 1. The van der Waals surface area contributed by atoms with Crippen molar-refractivity contribution in [2.45, 2.75) is 13.0 Å². The summed E-state index contributed by atoms with van der Waals surface area (Å²) in [5, 5.41) is 2.61. The molecule has 0 fully saturated rings. The van der Waals surface area contributed by atoms with E-state index in [1.807, 2.05) is 48.5 Å². The Kier molecular flexibility index (Phi) is 4.97. The third-order valence-electron chi connectivity index (χ3n) is 4.53. The molecule has 1 aliphatic rings. The Balaban J connectivity index is 1.48. The Bertz CT molecular complexity index is 1040. The first kappa shape index (κ1) is 17.7. The number of benzene rings is 2. The van der Waals surface area contributed by atoms with Crippen molar-refractivity contribution in [3.8, 4) is 5.75 Å². The van der Waals surface area contributed by atoms with E-state index < -0.39 is 11.7 Å². The van der Waals surface area contributed by atoms with E-state index in [-0.39, 0.29) is 0 Å². The standard InChI is InChI=1S/C23H18N2O3/c26-22(23(27)25-18-10-12-24-13-11-18)20-9-7-17-6-8-19(14-21(17)20)28-15-16-4-2-1-3-5-16/h1-6,8-14H,7,15H2,(H,24,25,27). The van der Waals surface area contributed by atoms with Crippen molar-refractivity contribution in [3.05, 3.63) is 95.8 Å². The van der Waals surface area contributed by atoms with Gasteiger partial charge in [0, 0.05) is 23.7 Å². The molecule has 0 saturated heterocycles. The SMILES string of the molecule is O=C(Nc1ccncc1)C(=O)C1=CCc2ccc(OCc3ccccc3)cc21. The van der Waals surface area contributed by atoms with Gasteiger partial charge in [-0.25, -0.2) is 0 Å². The molecular formula is C23H18N2O3. The molecule has 1 amide bonds. The van der Waals surface area contributed by atoms with E-state index in [1.54, 1.807) is 30.6 Å². The number of aromatic nitrogens is 1. The average molecular weight is 370 g/mol. The fourth-order valence-corrected chi connectivity index (χ4v) is 3.10. The number of ketones is 1. The van der Waals surface area contributed by atoms with E-state index in [0.29, 0.717) is 30.0 Å². The number of nitrogens with one attached hydrogen (secondary N) is 1. The lowest BCUT2D eigenvalue weighted by Gasteiger charge is -2.10. The Morgan fingerprint density at radius 1 is 1.00 bits per heavy atom. The van der Waals surface area contributed by atoms with Gasteiger partial charge in [0.15, 0.2) is 0 Å². The topological polar surface area (TPSA) is 68.3 Å². The molecule has 1 N–H and O–H groups in total. The van der Waals surface area contributed by atoms with Crippen LogP contribution in [0, 0.1) is 0 Å². The van der Waals surface area contributed by atoms with Gasteiger partial charge < -0.3 is 10.1 Å². The lowest BCUT2D eigenvalue weighted by Crippen LogP contribution is -2.23. The second kappa shape index (κ2) is 7.88. The Morgan fingerprint density at radius 2 is 1.79 bits per heavy atom. The first-order chi connectivity index (χ1) is 13.7. The zero-order chi connectivity index (χ0) is 19.3. The molecule has 1 aliphatic carbocycles. The minimum absolute atomic E-state index is 0.409. The molecule has 138 valence electrons. The van der Waals surface area contributed by atoms with Crippen LogP contribution in [0.4, 0.5) is 5.69 Å². The zero-order valence-corrected chi connectivity index (χ0v) is 15.1. The van der Waals surface area contributed by atoms with Crippen LogP contribution in [0.3, 0.4) is 0 Å². The molecule has 28 heavy (non-hydrogen) atoms. The monoisotopic (exact) mass is 370 g/mol. The molecule has 1 aromatic heterocycles. The van der Waals surface area contributed by atoms with E-state index in [0.717, 1.165) is 16.7 Å². The predicted octanol–water partition coefficient (Wildman–Crippen LogP) is 3.81. The minimum Gasteiger partial charge on any atom is -0.489 e. The average Bonchev–Trinajstić information content (AvgIpc) is 3.16. The number of amides is 1. The number of anilines is 1. The first-order valence-electron chi connectivity index (χ1n) is 8.96. The van der Waals surface area contributed by atoms with Gasteiger partial charge in [0.05, 0.1) is 0 Å². The highest BCUT2D eigenvalue weighted by Crippen LogP contribution is 2.32. The molecule has 0 unspecified atom stereocenters. The second-order valence-corrected chi connectivity index (χ2v) is 6.43. The number of pyridine rings is 1. The first-order valence-corrected chi connectivity index (χ1v) is 8.96. The van der Waals surface area contributed by atoms with Crippen LogP contribution in [0.15, 0.2) is 79.1 Å². The van der Waals surface area contributed by atoms with Gasteiger partial charge in [-0.15, -0.1) is 0 Å². The smallest absolute Gasteiger partial charge is 0.296 e. The molecule has 5 heteroatoms. The molecular weight excluding hydrogens is 352 g/mol. The summed E-state index contributed by atoms with van der Waals surface area (Å²) in [6.45, 7) is 0.440. The second-order valence-electron chi connectivity index (χ2n) is 6.43. The Labute approximate surface area is 162 Å². The maximum atomic E-state index is 12.7. The van der Waals surface area contributed by atoms with Gasteiger partial charge >= 0.3 is 0 Å². The summed E-state index contributed by atoms with van der Waals surface area (Å²) < 4.78 is 5.86. The highest BCUT2D eigenvalue weighted by atomic mass is 16.5. The number of Topliss-reactive ketones (excluding diaryl/α,β-unsaturated/α-hetero) is 1. The summed E-state index contributed by atoms with van der Waals surface area (Å²) in [5.41, 5.74) is 3.76. The minimum atomic E-state index is -0.666. The predicted molar refractivity (Wildman–Crippen MR) is 107 cm³/mol. The van der Waals surface area contributed by atoms with Crippen LogP contribution in [-0.4, -0.2) is 16.7 Å². The highest BCUT2D eigenvalue weighted by molar-refractivity contribution is 6.56. The zero-order valence-electron chi connectivity index (χ0n) is 15.1. The van der Waals surface area contributed by atoms with E-state index in [2.05, 4.69) is 10.3 Å². The van der Waals surface area contributed by atoms with Crippen LogP contribution in [0.5, 0.6) is 5.75 Å². The number of allylic oxidation sites excluding steroid dienone is 1. The fourth-order valence-electron chi connectivity index (χ4n) is 3.10. The van der Waals surface area contributed by atoms with E-state index in [4.69, 9.17) is 4.74 Å². The van der Waals surface area contributed by atoms with Gasteiger partial charge in [-0.2, -0.15) is 0 Å². The van der Waals surface area contributed by atoms with Crippen molar-refractivity contribution in [1.82, 2.24) is 4.98 Å². The third kappa shape index (κ3) is 3.83. The van der Waals surface area contributed by atoms with Crippen LogP contribution >= 0.6 is 0 Å². The number of hydrogen-bond acceptors (Lipinski definition) is 4. The van der Waals surface area contributed by atoms with Gasteiger partial charge in [0.2, 0.25) is 0 Å². The van der Waals surface area contributed by atoms with Crippen LogP contribution in [0.2, 0.25) is 0 Å². The summed E-state index contributed by atoms with van der Waals surface area (Å²) >= 11 is 0. The quantitative estimate of drug-likeness (QED) is 0.670. The van der Waals surface area contributed by atoms with Crippen molar-refractivity contribution in [2.75, 3.05) is 5.32 Å². The number of ether oxygens (including phenoxy) is 1. The number of nitrogens with zero attached hydrogens (tertiary/aromatic N) is 1. The fraction of sp³-hybridized carbons (Fsp3) is 0.0870. The van der Waals surface area contributed by atoms with Crippen LogP contribution < -0.4 is 10.1 Å². The van der Waals surface area contributed by atoms with Gasteiger partial charge in [-0.1, -0.05) is 42.5 Å². The molecule has 0 spiro atoms. The highest BCUT2D eigenvalue weighted by Gasteiger charge is 2.26. The summed E-state index contributed by atoms with van der Waals surface area (Å²) in [5.74, 6) is -0.561. The molecule has 4 rings (SSSR count). The van der Waals surface area contributed by atoms with Crippen LogP contribution in [0.1, 0.15) is 16.7 Å². The molecule has 1 heterocycles. The summed E-state index contributed by atoms with van der Waals surface area (Å²) in [7, 11) is 0. The summed E-state index contributed by atoms with van der Waals surface area (Å²) in [4.78, 5) is 28.9. The normalized spacial score (nSPS) is 12.1. The lowest BCUT2D eigenvalue weighted by molar-refractivity contribution is -0.131. The third-order valence-corrected chi connectivity index (χ3v) is 4.53. The van der Waals surface area contributed by atoms with E-state index in [9.17, 15) is 9.59 Å². The van der Waals surface area contributed by atoms with Crippen LogP contribution in [-0.2, 0) is 22.6 Å². The van der Waals surface area contributed by atoms with E-state index in [1.165, 1.54) is 0 Å². The van der Waals surface area contributed by atoms with Gasteiger partial charge in [-0.3, -0.25) is 14.6 Å². The number of hydrogen-bond donors (Lipinski definition) is 1. The molecule has 0 radical (unpaired) electrons.